The average molecular weight is 189 g/mol. The number of hydrogen-bond acceptors (Lipinski definition) is 4. The highest BCUT2D eigenvalue weighted by Crippen LogP contribution is 2.13. The van der Waals surface area contributed by atoms with Crippen LogP contribution >= 0.6 is 0 Å². The van der Waals surface area contributed by atoms with Gasteiger partial charge in [0.25, 0.3) is 0 Å². The molecular weight excluding hydrogens is 178 g/mol. The van der Waals surface area contributed by atoms with Crippen molar-refractivity contribution in [2.45, 2.75) is 13.5 Å². The number of nitrogens with zero attached hydrogens (tertiary/aromatic N) is 4. The SMILES string of the molecule is CCn1nccc1-c1ncc(N)cn1. The van der Waals surface area contributed by atoms with E-state index in [4.69, 9.17) is 5.73 Å². The van der Waals surface area contributed by atoms with Gasteiger partial charge in [0, 0.05) is 12.7 Å². The van der Waals surface area contributed by atoms with E-state index in [0.717, 1.165) is 12.2 Å². The standard InChI is InChI=1S/C9H11N5/c1-2-14-8(3-4-13-14)9-11-5-7(10)6-12-9/h3-6H,2,10H2,1H3. The average Bonchev–Trinajstić information content (AvgIpc) is 2.67. The van der Waals surface area contributed by atoms with E-state index < -0.39 is 0 Å². The summed E-state index contributed by atoms with van der Waals surface area (Å²) in [5.41, 5.74) is 6.98. The van der Waals surface area contributed by atoms with Gasteiger partial charge in [0.1, 0.15) is 5.69 Å². The van der Waals surface area contributed by atoms with Gasteiger partial charge in [-0.05, 0) is 13.0 Å². The molecule has 0 amide bonds. The van der Waals surface area contributed by atoms with Gasteiger partial charge in [0.2, 0.25) is 0 Å². The Balaban J connectivity index is 2.44. The molecule has 0 aliphatic heterocycles. The van der Waals surface area contributed by atoms with Gasteiger partial charge in [-0.15, -0.1) is 0 Å². The van der Waals surface area contributed by atoms with E-state index in [2.05, 4.69) is 15.1 Å². The van der Waals surface area contributed by atoms with Crippen molar-refractivity contribution in [3.8, 4) is 11.5 Å². The van der Waals surface area contributed by atoms with Gasteiger partial charge in [0.05, 0.1) is 18.1 Å². The van der Waals surface area contributed by atoms with Gasteiger partial charge in [0.15, 0.2) is 5.82 Å². The summed E-state index contributed by atoms with van der Waals surface area (Å²) in [5, 5.41) is 4.14. The van der Waals surface area contributed by atoms with E-state index in [0.29, 0.717) is 11.5 Å². The summed E-state index contributed by atoms with van der Waals surface area (Å²) in [6.45, 7) is 2.82. The van der Waals surface area contributed by atoms with Gasteiger partial charge in [-0.25, -0.2) is 9.97 Å². The van der Waals surface area contributed by atoms with Crippen LogP contribution in [0.4, 0.5) is 5.69 Å². The summed E-state index contributed by atoms with van der Waals surface area (Å²) in [5.74, 6) is 0.651. The van der Waals surface area contributed by atoms with E-state index >= 15 is 0 Å². The first kappa shape index (κ1) is 8.68. The minimum atomic E-state index is 0.566. The van der Waals surface area contributed by atoms with Crippen LogP contribution in [0.2, 0.25) is 0 Å². The summed E-state index contributed by atoms with van der Waals surface area (Å²) in [4.78, 5) is 8.26. The zero-order valence-electron chi connectivity index (χ0n) is 7.88. The molecule has 0 atom stereocenters. The van der Waals surface area contributed by atoms with Crippen LogP contribution in [0.25, 0.3) is 11.5 Å². The lowest BCUT2D eigenvalue weighted by Gasteiger charge is -2.02. The van der Waals surface area contributed by atoms with Crippen LogP contribution < -0.4 is 5.73 Å². The fraction of sp³-hybridized carbons (Fsp3) is 0.222. The maximum atomic E-state index is 5.50. The first-order valence-corrected chi connectivity index (χ1v) is 4.41. The molecule has 0 unspecified atom stereocenters. The molecule has 5 heteroatoms. The van der Waals surface area contributed by atoms with E-state index in [1.807, 2.05) is 17.7 Å². The predicted octanol–water partition coefficient (Wildman–Crippen LogP) is 0.942. The van der Waals surface area contributed by atoms with Gasteiger partial charge >= 0.3 is 0 Å². The Hall–Kier alpha value is -1.91. The molecule has 0 aliphatic rings. The Labute approximate surface area is 81.6 Å². The third kappa shape index (κ3) is 1.44. The normalized spacial score (nSPS) is 10.4. The monoisotopic (exact) mass is 189 g/mol. The molecule has 0 bridgehead atoms. The third-order valence-corrected chi connectivity index (χ3v) is 1.92. The minimum absolute atomic E-state index is 0.566. The molecule has 0 radical (unpaired) electrons. The van der Waals surface area contributed by atoms with Crippen molar-refractivity contribution in [3.05, 3.63) is 24.7 Å². The molecule has 14 heavy (non-hydrogen) atoms. The number of aryl methyl sites for hydroxylation is 1. The molecule has 0 fully saturated rings. The first-order chi connectivity index (χ1) is 6.81. The van der Waals surface area contributed by atoms with Crippen molar-refractivity contribution in [3.63, 3.8) is 0 Å². The second-order valence-corrected chi connectivity index (χ2v) is 2.87. The fourth-order valence-electron chi connectivity index (χ4n) is 1.24. The van der Waals surface area contributed by atoms with Crippen molar-refractivity contribution in [2.75, 3.05) is 5.73 Å². The van der Waals surface area contributed by atoms with Crippen LogP contribution in [0.1, 0.15) is 6.92 Å². The summed E-state index contributed by atoms with van der Waals surface area (Å²) in [7, 11) is 0. The maximum Gasteiger partial charge on any atom is 0.177 e. The Morgan fingerprint density at radius 3 is 2.71 bits per heavy atom. The highest BCUT2D eigenvalue weighted by atomic mass is 15.3. The highest BCUT2D eigenvalue weighted by Gasteiger charge is 2.05. The van der Waals surface area contributed by atoms with Gasteiger partial charge in [-0.2, -0.15) is 5.10 Å². The predicted molar refractivity (Wildman–Crippen MR) is 53.3 cm³/mol. The zero-order valence-corrected chi connectivity index (χ0v) is 7.88. The number of hydrogen-bond donors (Lipinski definition) is 1. The van der Waals surface area contributed by atoms with E-state index in [-0.39, 0.29) is 0 Å². The molecule has 0 aromatic carbocycles. The molecule has 0 saturated carbocycles. The lowest BCUT2D eigenvalue weighted by molar-refractivity contribution is 0.664. The summed E-state index contributed by atoms with van der Waals surface area (Å²) < 4.78 is 1.84. The van der Waals surface area contributed by atoms with Gasteiger partial charge < -0.3 is 5.73 Å². The van der Waals surface area contributed by atoms with Gasteiger partial charge in [-0.3, -0.25) is 4.68 Å². The Morgan fingerprint density at radius 2 is 2.07 bits per heavy atom. The second-order valence-electron chi connectivity index (χ2n) is 2.87. The van der Waals surface area contributed by atoms with Gasteiger partial charge in [-0.1, -0.05) is 0 Å². The quantitative estimate of drug-likeness (QED) is 0.763. The summed E-state index contributed by atoms with van der Waals surface area (Å²) >= 11 is 0. The first-order valence-electron chi connectivity index (χ1n) is 4.41. The maximum absolute atomic E-state index is 5.50. The number of nitrogens with two attached hydrogens (primary N) is 1. The third-order valence-electron chi connectivity index (χ3n) is 1.92. The molecule has 2 rings (SSSR count). The van der Waals surface area contributed by atoms with Crippen LogP contribution in [-0.4, -0.2) is 19.7 Å². The van der Waals surface area contributed by atoms with Crippen LogP contribution in [0.15, 0.2) is 24.7 Å². The van der Waals surface area contributed by atoms with Crippen molar-refractivity contribution in [1.82, 2.24) is 19.7 Å². The second kappa shape index (κ2) is 3.45. The summed E-state index contributed by atoms with van der Waals surface area (Å²) in [6, 6.07) is 1.88. The molecular formula is C9H11N5. The van der Waals surface area contributed by atoms with Crippen LogP contribution in [0.3, 0.4) is 0 Å². The Kier molecular flexibility index (Phi) is 2.14. The molecule has 2 heterocycles. The lowest BCUT2D eigenvalue weighted by Crippen LogP contribution is -2.01. The molecule has 5 nitrogen and oxygen atoms in total. The zero-order chi connectivity index (χ0) is 9.97. The molecule has 2 aromatic rings. The summed E-state index contributed by atoms with van der Waals surface area (Å²) in [6.07, 6.45) is 4.92. The smallest absolute Gasteiger partial charge is 0.177 e. The van der Waals surface area contributed by atoms with Crippen molar-refractivity contribution < 1.29 is 0 Å². The van der Waals surface area contributed by atoms with Crippen LogP contribution in [0.5, 0.6) is 0 Å². The Bertz CT molecular complexity index is 417. The van der Waals surface area contributed by atoms with Crippen molar-refractivity contribution >= 4 is 5.69 Å². The molecule has 2 N–H and O–H groups in total. The molecule has 0 aliphatic carbocycles. The highest BCUT2D eigenvalue weighted by molar-refractivity contribution is 5.50. The number of rotatable bonds is 2. The van der Waals surface area contributed by atoms with E-state index in [9.17, 15) is 0 Å². The largest absolute Gasteiger partial charge is 0.396 e. The van der Waals surface area contributed by atoms with E-state index in [1.165, 1.54) is 0 Å². The molecule has 0 spiro atoms. The van der Waals surface area contributed by atoms with Crippen LogP contribution in [-0.2, 0) is 6.54 Å². The molecule has 0 saturated heterocycles. The van der Waals surface area contributed by atoms with E-state index in [1.54, 1.807) is 18.6 Å². The van der Waals surface area contributed by atoms with Crippen molar-refractivity contribution in [2.24, 2.45) is 0 Å². The fourth-order valence-corrected chi connectivity index (χ4v) is 1.24. The van der Waals surface area contributed by atoms with Crippen molar-refractivity contribution in [1.29, 1.82) is 0 Å². The molecule has 2 aromatic heterocycles. The van der Waals surface area contributed by atoms with Crippen LogP contribution in [0, 0.1) is 0 Å². The minimum Gasteiger partial charge on any atom is -0.396 e. The topological polar surface area (TPSA) is 69.6 Å². The lowest BCUT2D eigenvalue weighted by atomic mass is 10.4. The number of anilines is 1. The number of aromatic nitrogens is 4. The molecule has 72 valence electrons. The Morgan fingerprint density at radius 1 is 1.36 bits per heavy atom. The number of nitrogen functional groups attached to an aromatic ring is 1.